The van der Waals surface area contributed by atoms with Crippen molar-refractivity contribution in [1.29, 1.82) is 0 Å². The molecule has 1 atom stereocenters. The summed E-state index contributed by atoms with van der Waals surface area (Å²) in [5.74, 6) is 3.82. The Morgan fingerprint density at radius 1 is 1.48 bits per heavy atom. The van der Waals surface area contributed by atoms with Crippen LogP contribution in [0.2, 0.25) is 0 Å². The first kappa shape index (κ1) is 15.4. The van der Waals surface area contributed by atoms with Crippen LogP contribution in [0.25, 0.3) is 10.9 Å². The Hall–Kier alpha value is -2.54. The highest BCUT2D eigenvalue weighted by atomic mass is 16.1. The predicted octanol–water partition coefficient (Wildman–Crippen LogP) is 2.83. The number of piperidine rings is 1. The molecule has 3 rings (SSSR count). The Balaban J connectivity index is 2.03. The molecular weight excluding hydrogens is 286 g/mol. The summed E-state index contributed by atoms with van der Waals surface area (Å²) in [6.07, 6.45) is 7.65. The van der Waals surface area contributed by atoms with E-state index < -0.39 is 0 Å². The van der Waals surface area contributed by atoms with Crippen LogP contribution < -0.4 is 10.2 Å². The third kappa shape index (κ3) is 3.29. The van der Waals surface area contributed by atoms with E-state index in [1.54, 1.807) is 0 Å². The number of nitrogens with one attached hydrogen (secondary N) is 1. The highest BCUT2D eigenvalue weighted by Crippen LogP contribution is 2.26. The monoisotopic (exact) mass is 307 g/mol. The molecule has 4 heteroatoms. The molecule has 1 aliphatic heterocycles. The van der Waals surface area contributed by atoms with Crippen molar-refractivity contribution in [2.45, 2.75) is 19.8 Å². The third-order valence-electron chi connectivity index (χ3n) is 4.28. The zero-order valence-corrected chi connectivity index (χ0v) is 13.4. The minimum atomic E-state index is -0.146. The van der Waals surface area contributed by atoms with Gasteiger partial charge in [-0.15, -0.1) is 6.42 Å². The fraction of sp³-hybridized carbons (Fsp3) is 0.368. The van der Waals surface area contributed by atoms with Crippen LogP contribution in [0.1, 0.15) is 30.1 Å². The van der Waals surface area contributed by atoms with Crippen LogP contribution in [0.3, 0.4) is 0 Å². The number of carbonyl (C=O) groups is 1. The van der Waals surface area contributed by atoms with Gasteiger partial charge >= 0.3 is 0 Å². The smallest absolute Gasteiger partial charge is 0.252 e. The number of pyridine rings is 1. The second kappa shape index (κ2) is 6.70. The maximum Gasteiger partial charge on any atom is 0.252 e. The van der Waals surface area contributed by atoms with Crippen molar-refractivity contribution in [1.82, 2.24) is 10.3 Å². The number of hydrogen-bond donors (Lipinski definition) is 1. The molecule has 4 nitrogen and oxygen atoms in total. The Kier molecular flexibility index (Phi) is 4.47. The van der Waals surface area contributed by atoms with Crippen LogP contribution in [0, 0.1) is 18.3 Å². The van der Waals surface area contributed by atoms with E-state index in [1.807, 2.05) is 30.3 Å². The van der Waals surface area contributed by atoms with Crippen molar-refractivity contribution < 1.29 is 4.79 Å². The Bertz CT molecular complexity index is 763. The number of para-hydroxylation sites is 1. The summed E-state index contributed by atoms with van der Waals surface area (Å²) in [7, 11) is 0. The van der Waals surface area contributed by atoms with Crippen molar-refractivity contribution in [3.63, 3.8) is 0 Å². The minimum Gasteiger partial charge on any atom is -0.356 e. The highest BCUT2D eigenvalue weighted by molar-refractivity contribution is 6.07. The van der Waals surface area contributed by atoms with Crippen molar-refractivity contribution in [3.8, 4) is 12.3 Å². The van der Waals surface area contributed by atoms with E-state index in [0.29, 0.717) is 11.5 Å². The van der Waals surface area contributed by atoms with Gasteiger partial charge in [0, 0.05) is 18.5 Å². The van der Waals surface area contributed by atoms with Crippen LogP contribution in [0.15, 0.2) is 30.3 Å². The first-order chi connectivity index (χ1) is 11.2. The van der Waals surface area contributed by atoms with E-state index in [9.17, 15) is 4.79 Å². The van der Waals surface area contributed by atoms with E-state index >= 15 is 0 Å². The average Bonchev–Trinajstić information content (AvgIpc) is 2.58. The van der Waals surface area contributed by atoms with Gasteiger partial charge in [-0.05, 0) is 30.9 Å². The molecule has 0 aliphatic carbocycles. The van der Waals surface area contributed by atoms with E-state index in [1.165, 1.54) is 6.42 Å². The lowest BCUT2D eigenvalue weighted by molar-refractivity contribution is 0.0960. The zero-order valence-electron chi connectivity index (χ0n) is 13.4. The number of amides is 1. The number of carbonyl (C=O) groups excluding carboxylic acids is 1. The molecule has 1 fully saturated rings. The molecule has 0 bridgehead atoms. The van der Waals surface area contributed by atoms with Gasteiger partial charge in [0.15, 0.2) is 0 Å². The first-order valence-electron chi connectivity index (χ1n) is 8.05. The van der Waals surface area contributed by atoms with Gasteiger partial charge in [0.25, 0.3) is 5.91 Å². The number of benzene rings is 1. The predicted molar refractivity (Wildman–Crippen MR) is 93.5 cm³/mol. The lowest BCUT2D eigenvalue weighted by Crippen LogP contribution is -2.35. The van der Waals surface area contributed by atoms with Crippen LogP contribution in [-0.4, -0.2) is 30.5 Å². The van der Waals surface area contributed by atoms with Gasteiger partial charge in [-0.3, -0.25) is 4.79 Å². The summed E-state index contributed by atoms with van der Waals surface area (Å²) in [6, 6.07) is 9.64. The minimum absolute atomic E-state index is 0.146. The van der Waals surface area contributed by atoms with Gasteiger partial charge in [-0.2, -0.15) is 0 Å². The molecule has 0 spiro atoms. The molecule has 1 aromatic carbocycles. The lowest BCUT2D eigenvalue weighted by Gasteiger charge is -2.32. The number of nitrogens with zero attached hydrogens (tertiary/aromatic N) is 2. The molecule has 0 saturated carbocycles. The standard InChI is InChI=1S/C19H21N3O/c1-3-10-20-19(23)16-12-18(22-11-6-7-14(2)13-22)21-17-9-5-4-8-15(16)17/h1,4-5,8-9,12,14H,6-7,10-11,13H2,2H3,(H,20,23). The van der Waals surface area contributed by atoms with Gasteiger partial charge in [-0.1, -0.05) is 31.0 Å². The molecule has 1 saturated heterocycles. The summed E-state index contributed by atoms with van der Waals surface area (Å²) in [5.41, 5.74) is 1.48. The number of rotatable bonds is 3. The Morgan fingerprint density at radius 2 is 2.30 bits per heavy atom. The number of anilines is 1. The van der Waals surface area contributed by atoms with Gasteiger partial charge in [0.05, 0.1) is 17.6 Å². The normalized spacial score (nSPS) is 17.7. The van der Waals surface area contributed by atoms with Gasteiger partial charge < -0.3 is 10.2 Å². The third-order valence-corrected chi connectivity index (χ3v) is 4.28. The van der Waals surface area contributed by atoms with E-state index in [0.717, 1.165) is 36.2 Å². The molecule has 1 unspecified atom stereocenters. The van der Waals surface area contributed by atoms with E-state index in [2.05, 4.69) is 23.1 Å². The second-order valence-corrected chi connectivity index (χ2v) is 6.13. The van der Waals surface area contributed by atoms with Crippen molar-refractivity contribution in [2.75, 3.05) is 24.5 Å². The van der Waals surface area contributed by atoms with Crippen molar-refractivity contribution >= 4 is 22.6 Å². The molecule has 2 aromatic rings. The Morgan fingerprint density at radius 3 is 3.09 bits per heavy atom. The summed E-state index contributed by atoms with van der Waals surface area (Å²) in [5, 5.41) is 3.62. The van der Waals surface area contributed by atoms with Crippen LogP contribution >= 0.6 is 0 Å². The molecule has 23 heavy (non-hydrogen) atoms. The number of aromatic nitrogens is 1. The fourth-order valence-corrected chi connectivity index (χ4v) is 3.14. The van der Waals surface area contributed by atoms with Gasteiger partial charge in [-0.25, -0.2) is 4.98 Å². The molecule has 118 valence electrons. The largest absolute Gasteiger partial charge is 0.356 e. The van der Waals surface area contributed by atoms with Gasteiger partial charge in [0.1, 0.15) is 5.82 Å². The maximum atomic E-state index is 12.5. The highest BCUT2D eigenvalue weighted by Gasteiger charge is 2.20. The van der Waals surface area contributed by atoms with Crippen molar-refractivity contribution in [3.05, 3.63) is 35.9 Å². The zero-order chi connectivity index (χ0) is 16.2. The average molecular weight is 307 g/mol. The molecule has 1 aliphatic rings. The molecule has 1 amide bonds. The fourth-order valence-electron chi connectivity index (χ4n) is 3.14. The molecule has 1 N–H and O–H groups in total. The van der Waals surface area contributed by atoms with E-state index in [4.69, 9.17) is 11.4 Å². The Labute approximate surface area is 136 Å². The van der Waals surface area contributed by atoms with Crippen LogP contribution in [-0.2, 0) is 0 Å². The second-order valence-electron chi connectivity index (χ2n) is 6.13. The summed E-state index contributed by atoms with van der Waals surface area (Å²) in [6.45, 7) is 4.46. The summed E-state index contributed by atoms with van der Waals surface area (Å²) >= 11 is 0. The SMILES string of the molecule is C#CCNC(=O)c1cc(N2CCCC(C)C2)nc2ccccc12. The number of terminal acetylenes is 1. The molecule has 2 heterocycles. The maximum absolute atomic E-state index is 12.5. The molecule has 1 aromatic heterocycles. The lowest BCUT2D eigenvalue weighted by atomic mass is 10.00. The van der Waals surface area contributed by atoms with Gasteiger partial charge in [0.2, 0.25) is 0 Å². The summed E-state index contributed by atoms with van der Waals surface area (Å²) < 4.78 is 0. The first-order valence-corrected chi connectivity index (χ1v) is 8.05. The molecular formula is C19H21N3O. The summed E-state index contributed by atoms with van der Waals surface area (Å²) in [4.78, 5) is 19.5. The van der Waals surface area contributed by atoms with E-state index in [-0.39, 0.29) is 12.5 Å². The molecule has 0 radical (unpaired) electrons. The topological polar surface area (TPSA) is 45.2 Å². The quantitative estimate of drug-likeness (QED) is 0.887. The number of hydrogen-bond acceptors (Lipinski definition) is 3. The van der Waals surface area contributed by atoms with Crippen LogP contribution in [0.5, 0.6) is 0 Å². The van der Waals surface area contributed by atoms with Crippen LogP contribution in [0.4, 0.5) is 5.82 Å². The number of fused-ring (bicyclic) bond motifs is 1. The van der Waals surface area contributed by atoms with Crippen molar-refractivity contribution in [2.24, 2.45) is 5.92 Å².